The van der Waals surface area contributed by atoms with Crippen LogP contribution in [0.3, 0.4) is 0 Å². The zero-order valence-electron chi connectivity index (χ0n) is 20.4. The van der Waals surface area contributed by atoms with Gasteiger partial charge >= 0.3 is 12.0 Å². The maximum Gasteiger partial charge on any atom is 0.352 e. The summed E-state index contributed by atoms with van der Waals surface area (Å²) < 4.78 is 0. The second kappa shape index (κ2) is 12.0. The van der Waals surface area contributed by atoms with Crippen LogP contribution in [0.4, 0.5) is 4.79 Å². The number of aliphatic carboxylic acids is 1. The summed E-state index contributed by atoms with van der Waals surface area (Å²) in [6, 6.07) is 4.20. The Morgan fingerprint density at radius 3 is 2.76 bits per heavy atom. The SMILES string of the molecule is CC(C)CNC(=O)NC(C(=O)N[C@H]1C(=O)N2C(C(=O)O)=C(CSc3ccc[n+]([O-])n3)CSC12)c1cccs1. The molecule has 2 aromatic heterocycles. The van der Waals surface area contributed by atoms with E-state index < -0.39 is 41.3 Å². The van der Waals surface area contributed by atoms with E-state index in [-0.39, 0.29) is 17.4 Å². The van der Waals surface area contributed by atoms with Crippen LogP contribution in [0.15, 0.2) is 52.1 Å². The maximum absolute atomic E-state index is 13.2. The van der Waals surface area contributed by atoms with Crippen LogP contribution in [0, 0.1) is 11.1 Å². The molecule has 0 spiro atoms. The van der Waals surface area contributed by atoms with E-state index >= 15 is 0 Å². The molecule has 0 aliphatic carbocycles. The van der Waals surface area contributed by atoms with Crippen molar-refractivity contribution in [3.05, 3.63) is 57.2 Å². The molecule has 202 valence electrons. The number of hydrogen-bond acceptors (Lipinski definition) is 9. The first kappa shape index (κ1) is 27.7. The molecular weight excluding hydrogens is 552 g/mol. The average Bonchev–Trinajstić information content (AvgIpc) is 3.41. The van der Waals surface area contributed by atoms with Gasteiger partial charge in [-0.05, 0) is 29.0 Å². The van der Waals surface area contributed by atoms with E-state index in [1.807, 2.05) is 13.8 Å². The van der Waals surface area contributed by atoms with Crippen molar-refractivity contribution in [3.8, 4) is 0 Å². The lowest BCUT2D eigenvalue weighted by atomic mass is 10.0. The summed E-state index contributed by atoms with van der Waals surface area (Å²) >= 11 is 3.83. The second-order valence-corrected chi connectivity index (χ2v) is 12.0. The first-order valence-electron chi connectivity index (χ1n) is 11.6. The predicted octanol–water partition coefficient (Wildman–Crippen LogP) is 1.30. The number of fused-ring (bicyclic) bond motifs is 1. The van der Waals surface area contributed by atoms with E-state index in [1.165, 1.54) is 46.0 Å². The van der Waals surface area contributed by atoms with Crippen molar-refractivity contribution in [2.45, 2.75) is 36.3 Å². The van der Waals surface area contributed by atoms with E-state index in [2.05, 4.69) is 21.0 Å². The zero-order valence-corrected chi connectivity index (χ0v) is 22.9. The number of hydrogen-bond donors (Lipinski definition) is 4. The molecule has 2 aliphatic heterocycles. The first-order valence-corrected chi connectivity index (χ1v) is 14.5. The number of thioether (sulfide) groups is 2. The second-order valence-electron chi connectivity index (χ2n) is 8.89. The monoisotopic (exact) mass is 578 g/mol. The molecule has 4 amide bonds. The summed E-state index contributed by atoms with van der Waals surface area (Å²) in [5.41, 5.74) is 0.397. The lowest BCUT2D eigenvalue weighted by Crippen LogP contribution is -2.71. The van der Waals surface area contributed by atoms with Gasteiger partial charge in [0, 0.05) is 34.1 Å². The molecule has 2 aromatic rings. The van der Waals surface area contributed by atoms with Gasteiger partial charge in [0.25, 0.3) is 5.91 Å². The van der Waals surface area contributed by atoms with Crippen LogP contribution >= 0.6 is 34.9 Å². The Balaban J connectivity index is 1.45. The average molecular weight is 579 g/mol. The fourth-order valence-electron chi connectivity index (χ4n) is 3.83. The Morgan fingerprint density at radius 2 is 2.11 bits per heavy atom. The van der Waals surface area contributed by atoms with Gasteiger partial charge in [-0.1, -0.05) is 36.5 Å². The van der Waals surface area contributed by atoms with Crippen LogP contribution in [-0.2, 0) is 14.4 Å². The predicted molar refractivity (Wildman–Crippen MR) is 142 cm³/mol. The number of amides is 4. The van der Waals surface area contributed by atoms with Gasteiger partial charge in [-0.2, -0.15) is 0 Å². The van der Waals surface area contributed by atoms with Crippen molar-refractivity contribution in [1.29, 1.82) is 0 Å². The van der Waals surface area contributed by atoms with Crippen LogP contribution in [0.25, 0.3) is 0 Å². The molecule has 3 atom stereocenters. The number of urea groups is 1. The quantitative estimate of drug-likeness (QED) is 0.141. The summed E-state index contributed by atoms with van der Waals surface area (Å²) in [6.07, 6.45) is 1.25. The third-order valence-corrected chi connectivity index (χ3v) is 8.91. The highest BCUT2D eigenvalue weighted by atomic mass is 32.2. The molecule has 0 saturated carbocycles. The molecule has 12 nitrogen and oxygen atoms in total. The highest BCUT2D eigenvalue weighted by Crippen LogP contribution is 2.41. The van der Waals surface area contributed by atoms with Crippen molar-refractivity contribution in [2.24, 2.45) is 5.92 Å². The van der Waals surface area contributed by atoms with Gasteiger partial charge in [-0.3, -0.25) is 14.5 Å². The molecule has 4 heterocycles. The summed E-state index contributed by atoms with van der Waals surface area (Å²) in [7, 11) is 0. The topological polar surface area (TPSA) is 168 Å². The number of nitrogens with zero attached hydrogens (tertiary/aromatic N) is 3. The number of carboxylic acid groups (broad SMARTS) is 1. The van der Waals surface area contributed by atoms with Crippen LogP contribution in [0.1, 0.15) is 24.8 Å². The number of aromatic nitrogens is 2. The fourth-order valence-corrected chi connectivity index (χ4v) is 6.95. The molecule has 15 heteroatoms. The van der Waals surface area contributed by atoms with Gasteiger partial charge in [-0.25, -0.2) is 9.59 Å². The van der Waals surface area contributed by atoms with Gasteiger partial charge < -0.3 is 26.3 Å². The summed E-state index contributed by atoms with van der Waals surface area (Å²) in [5, 5.41) is 34.8. The van der Waals surface area contributed by atoms with E-state index in [9.17, 15) is 29.5 Å². The summed E-state index contributed by atoms with van der Waals surface area (Å²) in [6.45, 7) is 4.33. The Morgan fingerprint density at radius 1 is 1.32 bits per heavy atom. The third kappa shape index (κ3) is 6.22. The van der Waals surface area contributed by atoms with Crippen molar-refractivity contribution < 1.29 is 29.1 Å². The van der Waals surface area contributed by atoms with Crippen LogP contribution in [0.5, 0.6) is 0 Å². The van der Waals surface area contributed by atoms with Gasteiger partial charge in [0.1, 0.15) is 23.2 Å². The molecule has 4 rings (SSSR count). The molecule has 0 bridgehead atoms. The number of carbonyl (C=O) groups excluding carboxylic acids is 3. The maximum atomic E-state index is 13.2. The largest absolute Gasteiger partial charge is 0.594 e. The van der Waals surface area contributed by atoms with Crippen LogP contribution in [-0.4, -0.2) is 68.4 Å². The lowest BCUT2D eigenvalue weighted by molar-refractivity contribution is -0.672. The number of carboxylic acids is 1. The minimum Gasteiger partial charge on any atom is -0.594 e. The standard InChI is InChI=1S/C23H26N6O6S3/c1-12(2)9-24-23(34)26-16(14-5-4-8-36-14)19(30)25-17-20(31)29-18(22(32)33)13(11-38-21(17)29)10-37-15-6-3-7-28(35)27-15/h3-8,12,16-17,21H,9-11H2,1-2H3,(H,25,30)(H,32,33)(H2,24,26,34)/t16?,17-,21?/m0/s1. The van der Waals surface area contributed by atoms with Crippen LogP contribution < -0.4 is 20.8 Å². The van der Waals surface area contributed by atoms with Crippen LogP contribution in [0.2, 0.25) is 0 Å². The number of carbonyl (C=O) groups is 4. The fraction of sp³-hybridized carbons (Fsp3) is 0.391. The van der Waals surface area contributed by atoms with Crippen molar-refractivity contribution in [1.82, 2.24) is 25.9 Å². The van der Waals surface area contributed by atoms with E-state index in [0.29, 0.717) is 32.6 Å². The molecule has 0 radical (unpaired) electrons. The Kier molecular flexibility index (Phi) is 8.79. The molecular formula is C23H26N6O6S3. The Labute approximate surface area is 230 Å². The van der Waals surface area contributed by atoms with Crippen molar-refractivity contribution in [2.75, 3.05) is 18.1 Å². The lowest BCUT2D eigenvalue weighted by Gasteiger charge is -2.49. The number of rotatable bonds is 10. The molecule has 38 heavy (non-hydrogen) atoms. The third-order valence-electron chi connectivity index (χ3n) is 5.63. The number of nitrogens with one attached hydrogen (secondary N) is 3. The van der Waals surface area contributed by atoms with E-state index in [4.69, 9.17) is 0 Å². The van der Waals surface area contributed by atoms with Gasteiger partial charge in [0.15, 0.2) is 5.03 Å². The summed E-state index contributed by atoms with van der Waals surface area (Å²) in [4.78, 5) is 53.0. The van der Waals surface area contributed by atoms with Gasteiger partial charge in [0.05, 0.1) is 0 Å². The van der Waals surface area contributed by atoms with Crippen molar-refractivity contribution >= 4 is 58.7 Å². The molecule has 1 fully saturated rings. The molecule has 0 aromatic carbocycles. The smallest absolute Gasteiger partial charge is 0.352 e. The molecule has 1 saturated heterocycles. The number of β-lactam (4-membered cyclic amide) rings is 1. The zero-order chi connectivity index (χ0) is 27.4. The highest BCUT2D eigenvalue weighted by molar-refractivity contribution is 8.01. The Hall–Kier alpha value is -3.30. The number of thiophene rings is 1. The van der Waals surface area contributed by atoms with E-state index in [0.717, 1.165) is 0 Å². The Bertz CT molecular complexity index is 1250. The summed E-state index contributed by atoms with van der Waals surface area (Å²) in [5.74, 6) is -1.57. The van der Waals surface area contributed by atoms with Crippen molar-refractivity contribution in [3.63, 3.8) is 0 Å². The minimum atomic E-state index is -1.25. The molecule has 2 aliphatic rings. The minimum absolute atomic E-state index is 0.122. The normalized spacial score (nSPS) is 19.4. The highest BCUT2D eigenvalue weighted by Gasteiger charge is 2.54. The first-order chi connectivity index (χ1) is 18.2. The van der Waals surface area contributed by atoms with E-state index in [1.54, 1.807) is 29.6 Å². The molecule has 2 unspecified atom stereocenters. The molecule has 4 N–H and O–H groups in total. The van der Waals surface area contributed by atoms with Gasteiger partial charge in [0.2, 0.25) is 12.1 Å². The van der Waals surface area contributed by atoms with Gasteiger partial charge in [-0.15, -0.1) is 23.1 Å².